The highest BCUT2D eigenvalue weighted by Crippen LogP contribution is 2.30. The van der Waals surface area contributed by atoms with Crippen LogP contribution in [-0.4, -0.2) is 4.75 Å². The van der Waals surface area contributed by atoms with Crippen LogP contribution in [0.25, 0.3) is 0 Å². The van der Waals surface area contributed by atoms with E-state index in [1.807, 2.05) is 27.7 Å². The largest absolute Gasteiger partial charge is 0.198 e. The predicted octanol–water partition coefficient (Wildman–Crippen LogP) is 2.63. The number of hydrogen-bond donors (Lipinski definition) is 1. The van der Waals surface area contributed by atoms with Crippen LogP contribution in [0.1, 0.15) is 34.1 Å². The summed E-state index contributed by atoms with van der Waals surface area (Å²) in [7, 11) is 0. The molecule has 0 aromatic rings. The fourth-order valence-corrected chi connectivity index (χ4v) is 1.52. The van der Waals surface area contributed by atoms with Crippen molar-refractivity contribution in [2.24, 2.45) is 5.41 Å². The second kappa shape index (κ2) is 2.84. The standard InChI is InChI=1S/C8H15NS/c1-7(2,6-9)5-8(3,4)10/h10H,5H2,1-4H3. The molecule has 0 radical (unpaired) electrons. The van der Waals surface area contributed by atoms with E-state index in [0.29, 0.717) is 0 Å². The fourth-order valence-electron chi connectivity index (χ4n) is 1.12. The van der Waals surface area contributed by atoms with Gasteiger partial charge in [0.1, 0.15) is 0 Å². The Balaban J connectivity index is 4.05. The van der Waals surface area contributed by atoms with Crippen LogP contribution in [0.4, 0.5) is 0 Å². The molecule has 2 heteroatoms. The van der Waals surface area contributed by atoms with Crippen molar-refractivity contribution in [2.45, 2.75) is 38.9 Å². The Labute approximate surface area is 68.8 Å². The Kier molecular flexibility index (Phi) is 2.79. The molecule has 0 aliphatic heterocycles. The van der Waals surface area contributed by atoms with E-state index in [2.05, 4.69) is 18.7 Å². The molecule has 0 aliphatic rings. The molecule has 0 aromatic heterocycles. The molecule has 0 fully saturated rings. The van der Waals surface area contributed by atoms with Crippen molar-refractivity contribution < 1.29 is 0 Å². The van der Waals surface area contributed by atoms with E-state index >= 15 is 0 Å². The molecule has 0 spiro atoms. The summed E-state index contributed by atoms with van der Waals surface area (Å²) in [5.74, 6) is 0. The number of nitriles is 1. The number of nitrogens with zero attached hydrogens (tertiary/aromatic N) is 1. The molecule has 0 bridgehead atoms. The number of thiol groups is 1. The van der Waals surface area contributed by atoms with Gasteiger partial charge in [0.05, 0.1) is 11.5 Å². The first-order valence-electron chi connectivity index (χ1n) is 3.40. The minimum atomic E-state index is -0.245. The van der Waals surface area contributed by atoms with Crippen LogP contribution in [0.15, 0.2) is 0 Å². The topological polar surface area (TPSA) is 23.8 Å². The summed E-state index contributed by atoms with van der Waals surface area (Å²) in [4.78, 5) is 0. The molecule has 1 nitrogen and oxygen atoms in total. The SMILES string of the molecule is CC(C)(S)CC(C)(C)C#N. The Morgan fingerprint density at radius 2 is 1.70 bits per heavy atom. The first-order valence-corrected chi connectivity index (χ1v) is 3.85. The quantitative estimate of drug-likeness (QED) is 0.612. The lowest BCUT2D eigenvalue weighted by Gasteiger charge is -2.25. The van der Waals surface area contributed by atoms with E-state index in [1.165, 1.54) is 0 Å². The maximum Gasteiger partial charge on any atom is 0.0684 e. The van der Waals surface area contributed by atoms with Gasteiger partial charge in [-0.1, -0.05) is 13.8 Å². The summed E-state index contributed by atoms with van der Waals surface area (Å²) in [6, 6.07) is 2.25. The predicted molar refractivity (Wildman–Crippen MR) is 47.1 cm³/mol. The average Bonchev–Trinajstić information content (AvgIpc) is 1.60. The first-order chi connectivity index (χ1) is 4.27. The molecule has 0 N–H and O–H groups in total. The second-order valence-electron chi connectivity index (χ2n) is 3.98. The van der Waals surface area contributed by atoms with E-state index in [0.717, 1.165) is 6.42 Å². The van der Waals surface area contributed by atoms with Crippen LogP contribution in [-0.2, 0) is 0 Å². The van der Waals surface area contributed by atoms with Crippen molar-refractivity contribution in [2.75, 3.05) is 0 Å². The van der Waals surface area contributed by atoms with Gasteiger partial charge in [-0.25, -0.2) is 0 Å². The Morgan fingerprint density at radius 1 is 1.30 bits per heavy atom. The molecule has 0 aromatic carbocycles. The molecular weight excluding hydrogens is 142 g/mol. The molecule has 0 heterocycles. The molecule has 0 saturated carbocycles. The molecule has 0 saturated heterocycles. The lowest BCUT2D eigenvalue weighted by atomic mass is 9.85. The maximum atomic E-state index is 8.67. The van der Waals surface area contributed by atoms with Crippen LogP contribution < -0.4 is 0 Å². The molecule has 10 heavy (non-hydrogen) atoms. The van der Waals surface area contributed by atoms with E-state index in [9.17, 15) is 0 Å². The van der Waals surface area contributed by atoms with Gasteiger partial charge in [0, 0.05) is 4.75 Å². The summed E-state index contributed by atoms with van der Waals surface area (Å²) in [5.41, 5.74) is -0.245. The van der Waals surface area contributed by atoms with Gasteiger partial charge in [-0.2, -0.15) is 17.9 Å². The molecular formula is C8H15NS. The lowest BCUT2D eigenvalue weighted by molar-refractivity contribution is 0.402. The smallest absolute Gasteiger partial charge is 0.0684 e. The average molecular weight is 157 g/mol. The van der Waals surface area contributed by atoms with Gasteiger partial charge < -0.3 is 0 Å². The molecule has 0 amide bonds. The zero-order chi connectivity index (χ0) is 8.41. The van der Waals surface area contributed by atoms with Crippen LogP contribution in [0, 0.1) is 16.7 Å². The molecule has 0 rings (SSSR count). The summed E-state index contributed by atoms with van der Waals surface area (Å²) < 4.78 is -0.0424. The zero-order valence-corrected chi connectivity index (χ0v) is 8.00. The van der Waals surface area contributed by atoms with Gasteiger partial charge in [-0.3, -0.25) is 0 Å². The van der Waals surface area contributed by atoms with Gasteiger partial charge in [0.2, 0.25) is 0 Å². The highest BCUT2D eigenvalue weighted by Gasteiger charge is 2.25. The highest BCUT2D eigenvalue weighted by atomic mass is 32.1. The number of hydrogen-bond acceptors (Lipinski definition) is 2. The van der Waals surface area contributed by atoms with Crippen molar-refractivity contribution in [3.8, 4) is 6.07 Å². The lowest BCUT2D eigenvalue weighted by Crippen LogP contribution is -2.21. The van der Waals surface area contributed by atoms with Crippen molar-refractivity contribution in [3.05, 3.63) is 0 Å². The Bertz CT molecular complexity index is 148. The van der Waals surface area contributed by atoms with E-state index < -0.39 is 0 Å². The molecule has 0 atom stereocenters. The summed E-state index contributed by atoms with van der Waals surface area (Å²) in [6.07, 6.45) is 0.819. The van der Waals surface area contributed by atoms with Crippen LogP contribution in [0.2, 0.25) is 0 Å². The van der Waals surface area contributed by atoms with Gasteiger partial charge in [-0.05, 0) is 20.3 Å². The Hall–Kier alpha value is -0.160. The minimum absolute atomic E-state index is 0.0424. The van der Waals surface area contributed by atoms with Gasteiger partial charge in [0.25, 0.3) is 0 Å². The van der Waals surface area contributed by atoms with Gasteiger partial charge in [0.15, 0.2) is 0 Å². The summed E-state index contributed by atoms with van der Waals surface area (Å²) in [6.45, 7) is 7.92. The summed E-state index contributed by atoms with van der Waals surface area (Å²) in [5, 5.41) is 8.67. The van der Waals surface area contributed by atoms with Crippen LogP contribution in [0.3, 0.4) is 0 Å². The van der Waals surface area contributed by atoms with E-state index in [-0.39, 0.29) is 10.2 Å². The molecule has 0 aliphatic carbocycles. The monoisotopic (exact) mass is 157 g/mol. The third-order valence-corrected chi connectivity index (χ3v) is 1.34. The Morgan fingerprint density at radius 3 is 1.80 bits per heavy atom. The van der Waals surface area contributed by atoms with Crippen molar-refractivity contribution in [3.63, 3.8) is 0 Å². The fraction of sp³-hybridized carbons (Fsp3) is 0.875. The normalized spacial score (nSPS) is 12.8. The minimum Gasteiger partial charge on any atom is -0.198 e. The van der Waals surface area contributed by atoms with Crippen molar-refractivity contribution in [1.29, 1.82) is 5.26 Å². The molecule has 0 unspecified atom stereocenters. The second-order valence-corrected chi connectivity index (χ2v) is 5.20. The van der Waals surface area contributed by atoms with Gasteiger partial charge >= 0.3 is 0 Å². The van der Waals surface area contributed by atoms with E-state index in [4.69, 9.17) is 5.26 Å². The van der Waals surface area contributed by atoms with Gasteiger partial charge in [-0.15, -0.1) is 0 Å². The third kappa shape index (κ3) is 4.69. The van der Waals surface area contributed by atoms with Crippen LogP contribution >= 0.6 is 12.6 Å². The third-order valence-electron chi connectivity index (χ3n) is 1.18. The van der Waals surface area contributed by atoms with Crippen molar-refractivity contribution in [1.82, 2.24) is 0 Å². The maximum absolute atomic E-state index is 8.67. The number of rotatable bonds is 2. The first kappa shape index (κ1) is 9.84. The zero-order valence-electron chi connectivity index (χ0n) is 7.10. The summed E-state index contributed by atoms with van der Waals surface area (Å²) >= 11 is 4.35. The molecule has 58 valence electrons. The highest BCUT2D eigenvalue weighted by molar-refractivity contribution is 7.81. The van der Waals surface area contributed by atoms with E-state index in [1.54, 1.807) is 0 Å². The van der Waals surface area contributed by atoms with Crippen LogP contribution in [0.5, 0.6) is 0 Å². The van der Waals surface area contributed by atoms with Crippen molar-refractivity contribution >= 4 is 12.6 Å².